The zero-order valence-corrected chi connectivity index (χ0v) is 15.7. The molecule has 0 aliphatic carbocycles. The fourth-order valence-corrected chi connectivity index (χ4v) is 4.68. The van der Waals surface area contributed by atoms with Gasteiger partial charge >= 0.3 is 0 Å². The van der Waals surface area contributed by atoms with Gasteiger partial charge in [-0.15, -0.1) is 11.3 Å². The molecule has 2 aromatic carbocycles. The second kappa shape index (κ2) is 6.04. The highest BCUT2D eigenvalue weighted by Gasteiger charge is 2.12. The van der Waals surface area contributed by atoms with Crippen molar-refractivity contribution in [3.63, 3.8) is 0 Å². The standard InChI is InChI=1S/C21H20N4S/c1-13-9-16(10-17-12-25(2)24-20(13)17)21-23-18-4-3-15(11-19(18)26-21)14-5-7-22-8-6-14/h3-5,9-12,22H,6-8H2,1-2H3. The van der Waals surface area contributed by atoms with Crippen molar-refractivity contribution in [3.05, 3.63) is 53.7 Å². The summed E-state index contributed by atoms with van der Waals surface area (Å²) in [6.45, 7) is 4.14. The highest BCUT2D eigenvalue weighted by molar-refractivity contribution is 7.21. The number of aromatic nitrogens is 3. The second-order valence-electron chi connectivity index (χ2n) is 6.92. The topological polar surface area (TPSA) is 42.7 Å². The maximum Gasteiger partial charge on any atom is 0.124 e. The Bertz CT molecular complexity index is 1170. The molecular formula is C21H20N4S. The molecule has 3 heterocycles. The number of benzene rings is 2. The molecule has 26 heavy (non-hydrogen) atoms. The Labute approximate surface area is 156 Å². The van der Waals surface area contributed by atoms with Crippen LogP contribution in [0.5, 0.6) is 0 Å². The predicted molar refractivity (Wildman–Crippen MR) is 110 cm³/mol. The summed E-state index contributed by atoms with van der Waals surface area (Å²) in [7, 11) is 1.97. The van der Waals surface area contributed by atoms with Crippen LogP contribution in [0.2, 0.25) is 0 Å². The Balaban J connectivity index is 1.60. The third kappa shape index (κ3) is 2.64. The number of fused-ring (bicyclic) bond motifs is 2. The number of rotatable bonds is 2. The van der Waals surface area contributed by atoms with Crippen molar-refractivity contribution in [1.29, 1.82) is 0 Å². The van der Waals surface area contributed by atoms with Crippen LogP contribution >= 0.6 is 11.3 Å². The Morgan fingerprint density at radius 1 is 1.15 bits per heavy atom. The summed E-state index contributed by atoms with van der Waals surface area (Å²) in [6.07, 6.45) is 5.46. The molecule has 0 bridgehead atoms. The first-order valence-corrected chi connectivity index (χ1v) is 9.74. The molecule has 4 nitrogen and oxygen atoms in total. The zero-order valence-electron chi connectivity index (χ0n) is 14.9. The molecule has 0 spiro atoms. The van der Waals surface area contributed by atoms with Crippen molar-refractivity contribution in [2.45, 2.75) is 13.3 Å². The van der Waals surface area contributed by atoms with Crippen LogP contribution in [0.1, 0.15) is 17.5 Å². The Hall–Kier alpha value is -2.50. The molecule has 0 radical (unpaired) electrons. The summed E-state index contributed by atoms with van der Waals surface area (Å²) < 4.78 is 3.12. The molecule has 2 aromatic heterocycles. The molecule has 1 N–H and O–H groups in total. The van der Waals surface area contributed by atoms with E-state index >= 15 is 0 Å². The predicted octanol–water partition coefficient (Wildman–Crippen LogP) is 4.54. The van der Waals surface area contributed by atoms with E-state index in [0.29, 0.717) is 0 Å². The van der Waals surface area contributed by atoms with Crippen LogP contribution in [0.3, 0.4) is 0 Å². The van der Waals surface area contributed by atoms with E-state index in [-0.39, 0.29) is 0 Å². The number of nitrogens with one attached hydrogen (secondary N) is 1. The van der Waals surface area contributed by atoms with Gasteiger partial charge in [-0.05, 0) is 60.9 Å². The Morgan fingerprint density at radius 3 is 2.92 bits per heavy atom. The van der Waals surface area contributed by atoms with Gasteiger partial charge in [0.1, 0.15) is 5.01 Å². The zero-order chi connectivity index (χ0) is 17.7. The average molecular weight is 360 g/mol. The molecule has 130 valence electrons. The molecule has 1 aliphatic rings. The molecule has 4 aromatic rings. The van der Waals surface area contributed by atoms with Crippen molar-refractivity contribution < 1.29 is 0 Å². The van der Waals surface area contributed by atoms with Crippen LogP contribution in [0.15, 0.2) is 42.6 Å². The molecule has 0 saturated carbocycles. The van der Waals surface area contributed by atoms with Crippen molar-refractivity contribution in [3.8, 4) is 10.6 Å². The lowest BCUT2D eigenvalue weighted by Gasteiger charge is -2.13. The normalized spacial score (nSPS) is 14.9. The van der Waals surface area contributed by atoms with Crippen LogP contribution in [0.4, 0.5) is 0 Å². The molecule has 0 unspecified atom stereocenters. The fourth-order valence-electron chi connectivity index (χ4n) is 3.69. The van der Waals surface area contributed by atoms with Crippen LogP contribution in [0, 0.1) is 6.92 Å². The van der Waals surface area contributed by atoms with E-state index in [1.54, 1.807) is 11.3 Å². The van der Waals surface area contributed by atoms with Crippen molar-refractivity contribution in [2.24, 2.45) is 7.05 Å². The van der Waals surface area contributed by atoms with E-state index in [1.165, 1.54) is 32.3 Å². The average Bonchev–Trinajstić information content (AvgIpc) is 3.24. The number of aryl methyl sites for hydroxylation is 2. The fraction of sp³-hybridized carbons (Fsp3) is 0.238. The largest absolute Gasteiger partial charge is 0.313 e. The van der Waals surface area contributed by atoms with E-state index in [1.807, 2.05) is 11.7 Å². The van der Waals surface area contributed by atoms with E-state index < -0.39 is 0 Å². The first kappa shape index (κ1) is 15.7. The number of hydrogen-bond donors (Lipinski definition) is 1. The third-order valence-corrected chi connectivity index (χ3v) is 6.05. The Kier molecular flexibility index (Phi) is 3.65. The second-order valence-corrected chi connectivity index (χ2v) is 7.95. The maximum atomic E-state index is 4.88. The lowest BCUT2D eigenvalue weighted by Crippen LogP contribution is -2.19. The van der Waals surface area contributed by atoms with Gasteiger partial charge in [-0.1, -0.05) is 12.1 Å². The summed E-state index contributed by atoms with van der Waals surface area (Å²) in [5.41, 5.74) is 7.27. The summed E-state index contributed by atoms with van der Waals surface area (Å²) in [6, 6.07) is 11.1. The molecule has 5 heteroatoms. The summed E-state index contributed by atoms with van der Waals surface area (Å²) in [5, 5.41) is 10.2. The number of nitrogens with zero attached hydrogens (tertiary/aromatic N) is 3. The van der Waals surface area contributed by atoms with Gasteiger partial charge < -0.3 is 5.32 Å². The molecule has 0 fully saturated rings. The van der Waals surface area contributed by atoms with E-state index in [9.17, 15) is 0 Å². The Morgan fingerprint density at radius 2 is 2.08 bits per heavy atom. The van der Waals surface area contributed by atoms with Crippen LogP contribution in [0.25, 0.3) is 37.3 Å². The minimum atomic E-state index is 0.964. The van der Waals surface area contributed by atoms with Crippen molar-refractivity contribution >= 4 is 38.0 Å². The van der Waals surface area contributed by atoms with E-state index in [2.05, 4.69) is 59.9 Å². The molecular weight excluding hydrogens is 340 g/mol. The molecule has 0 saturated heterocycles. The van der Waals surface area contributed by atoms with Gasteiger partial charge in [0.15, 0.2) is 0 Å². The highest BCUT2D eigenvalue weighted by Crippen LogP contribution is 2.34. The smallest absolute Gasteiger partial charge is 0.124 e. The molecule has 5 rings (SSSR count). The van der Waals surface area contributed by atoms with Crippen molar-refractivity contribution in [1.82, 2.24) is 20.1 Å². The summed E-state index contributed by atoms with van der Waals surface area (Å²) in [4.78, 5) is 4.88. The minimum absolute atomic E-state index is 0.964. The first-order valence-electron chi connectivity index (χ1n) is 8.92. The van der Waals surface area contributed by atoms with Crippen LogP contribution in [-0.4, -0.2) is 27.9 Å². The van der Waals surface area contributed by atoms with Gasteiger partial charge in [0.2, 0.25) is 0 Å². The summed E-state index contributed by atoms with van der Waals surface area (Å²) in [5.74, 6) is 0. The number of hydrogen-bond acceptors (Lipinski definition) is 4. The first-order chi connectivity index (χ1) is 12.7. The molecule has 1 aliphatic heterocycles. The SMILES string of the molecule is Cc1cc(-c2nc3ccc(C4=CCNCC4)cc3s2)cc2cn(C)nc12. The molecule has 0 atom stereocenters. The third-order valence-electron chi connectivity index (χ3n) is 4.98. The van der Waals surface area contributed by atoms with Gasteiger partial charge in [0.25, 0.3) is 0 Å². The maximum absolute atomic E-state index is 4.88. The number of thiazole rings is 1. The minimum Gasteiger partial charge on any atom is -0.313 e. The van der Waals surface area contributed by atoms with Gasteiger partial charge in [-0.25, -0.2) is 4.98 Å². The van der Waals surface area contributed by atoms with Crippen LogP contribution < -0.4 is 5.32 Å². The van der Waals surface area contributed by atoms with Crippen LogP contribution in [-0.2, 0) is 7.05 Å². The van der Waals surface area contributed by atoms with Gasteiger partial charge in [-0.3, -0.25) is 4.68 Å². The lowest BCUT2D eigenvalue weighted by atomic mass is 10.0. The lowest BCUT2D eigenvalue weighted by molar-refractivity contribution is 0.739. The molecule has 0 amide bonds. The van der Waals surface area contributed by atoms with Gasteiger partial charge in [0, 0.05) is 30.7 Å². The highest BCUT2D eigenvalue weighted by atomic mass is 32.1. The quantitative estimate of drug-likeness (QED) is 0.571. The van der Waals surface area contributed by atoms with E-state index in [0.717, 1.165) is 35.6 Å². The summed E-state index contributed by atoms with van der Waals surface area (Å²) >= 11 is 1.77. The van der Waals surface area contributed by atoms with Gasteiger partial charge in [0.05, 0.1) is 15.7 Å². The van der Waals surface area contributed by atoms with Crippen molar-refractivity contribution in [2.75, 3.05) is 13.1 Å². The van der Waals surface area contributed by atoms with E-state index in [4.69, 9.17) is 4.98 Å². The monoisotopic (exact) mass is 360 g/mol. The van der Waals surface area contributed by atoms with Gasteiger partial charge in [-0.2, -0.15) is 5.10 Å².